The smallest absolute Gasteiger partial charge is 0.231 e. The van der Waals surface area contributed by atoms with Gasteiger partial charge in [-0.2, -0.15) is 0 Å². The number of carbonyl (C=O) groups excluding carboxylic acids is 1. The molecule has 1 aliphatic rings. The van der Waals surface area contributed by atoms with E-state index >= 15 is 0 Å². The molecule has 1 unspecified atom stereocenters. The van der Waals surface area contributed by atoms with Crippen LogP contribution >= 0.6 is 12.4 Å². The Kier molecular flexibility index (Phi) is 7.15. The summed E-state index contributed by atoms with van der Waals surface area (Å²) in [6, 6.07) is 10.2. The first kappa shape index (κ1) is 18.0. The lowest BCUT2D eigenvalue weighted by Crippen LogP contribution is -2.46. The van der Waals surface area contributed by atoms with Gasteiger partial charge in [0.1, 0.15) is 0 Å². The second-order valence-electron chi connectivity index (χ2n) is 5.68. The Labute approximate surface area is 133 Å². The summed E-state index contributed by atoms with van der Waals surface area (Å²) in [7, 11) is 4.05. The summed E-state index contributed by atoms with van der Waals surface area (Å²) in [5.74, 6) is -0.0749. The summed E-state index contributed by atoms with van der Waals surface area (Å²) in [5.41, 5.74) is 6.85. The number of rotatable bonds is 4. The van der Waals surface area contributed by atoms with Crippen LogP contribution in [0.3, 0.4) is 0 Å². The Balaban J connectivity index is 0.00000220. The molecule has 0 aromatic heterocycles. The van der Waals surface area contributed by atoms with E-state index in [1.165, 1.54) is 0 Å². The quantitative estimate of drug-likeness (QED) is 0.921. The van der Waals surface area contributed by atoms with Crippen LogP contribution in [0.2, 0.25) is 0 Å². The molecule has 0 saturated carbocycles. The van der Waals surface area contributed by atoms with Crippen LogP contribution in [0, 0.1) is 0 Å². The molecule has 0 aliphatic carbocycles. The van der Waals surface area contributed by atoms with Gasteiger partial charge in [0, 0.05) is 19.6 Å². The van der Waals surface area contributed by atoms with Crippen LogP contribution in [0.4, 0.5) is 0 Å². The molecular weight excluding hydrogens is 286 g/mol. The van der Waals surface area contributed by atoms with Gasteiger partial charge in [-0.3, -0.25) is 4.79 Å². The molecule has 118 valence electrons. The average Bonchev–Trinajstić information content (AvgIpc) is 2.49. The van der Waals surface area contributed by atoms with E-state index in [2.05, 4.69) is 11.9 Å². The van der Waals surface area contributed by atoms with Crippen molar-refractivity contribution in [2.75, 3.05) is 33.7 Å². The van der Waals surface area contributed by atoms with E-state index in [1.54, 1.807) is 0 Å². The maximum absolute atomic E-state index is 12.7. The summed E-state index contributed by atoms with van der Waals surface area (Å²) in [5, 5.41) is 0. The van der Waals surface area contributed by atoms with Crippen LogP contribution in [0.1, 0.15) is 24.3 Å². The van der Waals surface area contributed by atoms with E-state index < -0.39 is 0 Å². The fraction of sp³-hybridized carbons (Fsp3) is 0.562. The predicted molar refractivity (Wildman–Crippen MR) is 88.8 cm³/mol. The molecule has 1 saturated heterocycles. The third-order valence-corrected chi connectivity index (χ3v) is 4.32. The largest absolute Gasteiger partial charge is 0.342 e. The zero-order valence-corrected chi connectivity index (χ0v) is 13.7. The lowest BCUT2D eigenvalue weighted by atomic mass is 9.95. The molecule has 1 fully saturated rings. The van der Waals surface area contributed by atoms with Gasteiger partial charge in [-0.15, -0.1) is 12.4 Å². The van der Waals surface area contributed by atoms with Crippen molar-refractivity contribution in [2.24, 2.45) is 5.73 Å². The van der Waals surface area contributed by atoms with E-state index in [9.17, 15) is 4.79 Å². The number of nitrogens with two attached hydrogens (primary N) is 1. The van der Waals surface area contributed by atoms with Gasteiger partial charge in [0.05, 0.1) is 5.92 Å². The van der Waals surface area contributed by atoms with E-state index in [1.807, 2.05) is 42.3 Å². The number of hydrogen-bond donors (Lipinski definition) is 1. The molecule has 21 heavy (non-hydrogen) atoms. The lowest BCUT2D eigenvalue weighted by molar-refractivity contribution is -0.134. The highest BCUT2D eigenvalue weighted by atomic mass is 35.5. The van der Waals surface area contributed by atoms with Crippen molar-refractivity contribution in [3.63, 3.8) is 0 Å². The minimum Gasteiger partial charge on any atom is -0.342 e. The predicted octanol–water partition coefficient (Wildman–Crippen LogP) is 1.70. The Morgan fingerprint density at radius 2 is 1.90 bits per heavy atom. The summed E-state index contributed by atoms with van der Waals surface area (Å²) in [6.07, 6.45) is 2.09. The van der Waals surface area contributed by atoms with Crippen molar-refractivity contribution < 1.29 is 4.79 Å². The van der Waals surface area contributed by atoms with Gasteiger partial charge < -0.3 is 15.5 Å². The zero-order valence-electron chi connectivity index (χ0n) is 12.9. The Morgan fingerprint density at radius 3 is 2.43 bits per heavy atom. The van der Waals surface area contributed by atoms with Gasteiger partial charge >= 0.3 is 0 Å². The molecule has 1 amide bonds. The Bertz CT molecular complexity index is 432. The van der Waals surface area contributed by atoms with Crippen LogP contribution in [0.25, 0.3) is 0 Å². The maximum Gasteiger partial charge on any atom is 0.231 e. The van der Waals surface area contributed by atoms with Crippen LogP contribution in [-0.2, 0) is 4.79 Å². The third-order valence-electron chi connectivity index (χ3n) is 4.32. The van der Waals surface area contributed by atoms with Gasteiger partial charge in [0.15, 0.2) is 0 Å². The molecule has 0 bridgehead atoms. The number of hydrogen-bond acceptors (Lipinski definition) is 3. The van der Waals surface area contributed by atoms with Crippen LogP contribution in [0.5, 0.6) is 0 Å². The zero-order chi connectivity index (χ0) is 14.5. The van der Waals surface area contributed by atoms with E-state index in [0.29, 0.717) is 12.6 Å². The molecule has 4 nitrogen and oxygen atoms in total. The molecule has 5 heteroatoms. The first-order valence-electron chi connectivity index (χ1n) is 7.33. The fourth-order valence-electron chi connectivity index (χ4n) is 2.87. The summed E-state index contributed by atoms with van der Waals surface area (Å²) < 4.78 is 0. The number of benzene rings is 1. The lowest BCUT2D eigenvalue weighted by Gasteiger charge is -2.36. The van der Waals surface area contributed by atoms with Crippen LogP contribution in [0.15, 0.2) is 30.3 Å². The van der Waals surface area contributed by atoms with Crippen LogP contribution < -0.4 is 5.73 Å². The average molecular weight is 312 g/mol. The number of amides is 1. The minimum absolute atomic E-state index is 0. The first-order valence-corrected chi connectivity index (χ1v) is 7.33. The van der Waals surface area contributed by atoms with Crippen molar-refractivity contribution in [3.8, 4) is 0 Å². The number of piperidine rings is 1. The molecule has 2 N–H and O–H groups in total. The van der Waals surface area contributed by atoms with Crippen molar-refractivity contribution in [2.45, 2.75) is 24.8 Å². The number of nitrogens with zero attached hydrogens (tertiary/aromatic N) is 2. The highest BCUT2D eigenvalue weighted by molar-refractivity contribution is 5.85. The van der Waals surface area contributed by atoms with Gasteiger partial charge in [0.2, 0.25) is 5.91 Å². The van der Waals surface area contributed by atoms with Crippen LogP contribution in [-0.4, -0.2) is 55.5 Å². The SMILES string of the molecule is CN1CCC(N(C)C(=O)C(CN)c2ccccc2)CC1.Cl. The fourth-order valence-corrected chi connectivity index (χ4v) is 2.87. The molecule has 1 aromatic rings. The maximum atomic E-state index is 12.7. The van der Waals surface area contributed by atoms with Gasteiger partial charge in [-0.25, -0.2) is 0 Å². The highest BCUT2D eigenvalue weighted by Crippen LogP contribution is 2.21. The van der Waals surface area contributed by atoms with Crippen molar-refractivity contribution >= 4 is 18.3 Å². The molecule has 1 atom stereocenters. The standard InChI is InChI=1S/C16H25N3O.ClH/c1-18-10-8-14(9-11-18)19(2)16(20)15(12-17)13-6-4-3-5-7-13;/h3-7,14-15H,8-12,17H2,1-2H3;1H. The van der Waals surface area contributed by atoms with E-state index in [0.717, 1.165) is 31.5 Å². The van der Waals surface area contributed by atoms with Crippen molar-refractivity contribution in [1.29, 1.82) is 0 Å². The molecular formula is C16H26ClN3O. The summed E-state index contributed by atoms with van der Waals surface area (Å²) >= 11 is 0. The molecule has 0 spiro atoms. The minimum atomic E-state index is -0.221. The normalized spacial score (nSPS) is 17.9. The molecule has 1 aromatic carbocycles. The second kappa shape index (κ2) is 8.37. The molecule has 0 radical (unpaired) electrons. The molecule has 1 aliphatic heterocycles. The molecule has 2 rings (SSSR count). The van der Waals surface area contributed by atoms with Gasteiger partial charge in [-0.05, 0) is 38.5 Å². The molecule has 1 heterocycles. The summed E-state index contributed by atoms with van der Waals surface area (Å²) in [6.45, 7) is 2.47. The topological polar surface area (TPSA) is 49.6 Å². The highest BCUT2D eigenvalue weighted by Gasteiger charge is 2.28. The Hall–Kier alpha value is -1.10. The van der Waals surface area contributed by atoms with Gasteiger partial charge in [0.25, 0.3) is 0 Å². The number of halogens is 1. The monoisotopic (exact) mass is 311 g/mol. The van der Waals surface area contributed by atoms with E-state index in [4.69, 9.17) is 5.73 Å². The van der Waals surface area contributed by atoms with Crippen molar-refractivity contribution in [3.05, 3.63) is 35.9 Å². The number of likely N-dealkylation sites (N-methyl/N-ethyl adjacent to an activating group) is 1. The van der Waals surface area contributed by atoms with Crippen molar-refractivity contribution in [1.82, 2.24) is 9.80 Å². The van der Waals surface area contributed by atoms with E-state index in [-0.39, 0.29) is 24.2 Å². The third kappa shape index (κ3) is 4.43. The number of likely N-dealkylation sites (tertiary alicyclic amines) is 1. The number of carbonyl (C=O) groups is 1. The summed E-state index contributed by atoms with van der Waals surface area (Å²) in [4.78, 5) is 16.9. The first-order chi connectivity index (χ1) is 9.63. The Morgan fingerprint density at radius 1 is 1.33 bits per heavy atom. The van der Waals surface area contributed by atoms with Gasteiger partial charge in [-0.1, -0.05) is 30.3 Å². The second-order valence-corrected chi connectivity index (χ2v) is 5.68.